The number of fused-ring (bicyclic) bond motifs is 1. The topological polar surface area (TPSA) is 34.1 Å². The van der Waals surface area contributed by atoms with Crippen molar-refractivity contribution in [3.05, 3.63) is 54.3 Å². The highest BCUT2D eigenvalue weighted by Crippen LogP contribution is 2.26. The maximum absolute atomic E-state index is 13.1. The number of benzene rings is 2. The van der Waals surface area contributed by atoms with Crippen LogP contribution in [0.5, 0.6) is 5.75 Å². The second kappa shape index (κ2) is 6.54. The van der Waals surface area contributed by atoms with Crippen molar-refractivity contribution >= 4 is 26.7 Å². The summed E-state index contributed by atoms with van der Waals surface area (Å²) in [5, 5.41) is 4.06. The summed E-state index contributed by atoms with van der Waals surface area (Å²) in [6, 6.07) is 14.4. The molecular formula is C16H15FN2OS. The van der Waals surface area contributed by atoms with Gasteiger partial charge in [-0.1, -0.05) is 29.5 Å². The summed E-state index contributed by atoms with van der Waals surface area (Å²) in [5.74, 6) is 0.628. The Labute approximate surface area is 126 Å². The van der Waals surface area contributed by atoms with Crippen molar-refractivity contribution in [2.24, 2.45) is 0 Å². The highest BCUT2D eigenvalue weighted by Gasteiger charge is 2.04. The molecule has 0 spiro atoms. The summed E-state index contributed by atoms with van der Waals surface area (Å²) < 4.78 is 19.7. The Kier molecular flexibility index (Phi) is 4.31. The quantitative estimate of drug-likeness (QED) is 0.689. The van der Waals surface area contributed by atoms with Crippen LogP contribution in [0.25, 0.3) is 10.2 Å². The van der Waals surface area contributed by atoms with E-state index in [2.05, 4.69) is 10.3 Å². The van der Waals surface area contributed by atoms with Crippen LogP contribution >= 0.6 is 11.3 Å². The van der Waals surface area contributed by atoms with Crippen molar-refractivity contribution in [1.82, 2.24) is 4.98 Å². The van der Waals surface area contributed by atoms with Crippen molar-refractivity contribution in [3.8, 4) is 5.75 Å². The van der Waals surface area contributed by atoms with Gasteiger partial charge in [-0.25, -0.2) is 9.37 Å². The van der Waals surface area contributed by atoms with E-state index in [0.717, 1.165) is 28.5 Å². The summed E-state index contributed by atoms with van der Waals surface area (Å²) in [4.78, 5) is 4.36. The van der Waals surface area contributed by atoms with Gasteiger partial charge in [0.15, 0.2) is 5.13 Å². The number of nitrogens with one attached hydrogen (secondary N) is 1. The largest absolute Gasteiger partial charge is 0.494 e. The molecule has 5 heteroatoms. The predicted octanol–water partition coefficient (Wildman–Crippen LogP) is 4.32. The van der Waals surface area contributed by atoms with Crippen LogP contribution in [-0.4, -0.2) is 18.1 Å². The second-order valence-corrected chi connectivity index (χ2v) is 5.60. The van der Waals surface area contributed by atoms with Gasteiger partial charge >= 0.3 is 0 Å². The number of ether oxygens (including phenoxy) is 1. The first-order valence-electron chi connectivity index (χ1n) is 6.79. The lowest BCUT2D eigenvalue weighted by molar-refractivity contribution is 0.315. The molecule has 0 saturated heterocycles. The third kappa shape index (κ3) is 3.70. The van der Waals surface area contributed by atoms with Gasteiger partial charge in [0.05, 0.1) is 16.8 Å². The first kappa shape index (κ1) is 13.8. The SMILES string of the molecule is Fc1ccc2sc(NCCCOc3ccccc3)nc2c1. The molecule has 3 nitrogen and oxygen atoms in total. The van der Waals surface area contributed by atoms with Gasteiger partial charge in [0.25, 0.3) is 0 Å². The van der Waals surface area contributed by atoms with E-state index in [1.54, 1.807) is 6.07 Å². The number of hydrogen-bond acceptors (Lipinski definition) is 4. The molecule has 3 rings (SSSR count). The van der Waals surface area contributed by atoms with Crippen LogP contribution in [0, 0.1) is 5.82 Å². The van der Waals surface area contributed by atoms with Crippen molar-refractivity contribution in [1.29, 1.82) is 0 Å². The Balaban J connectivity index is 1.46. The smallest absolute Gasteiger partial charge is 0.183 e. The number of hydrogen-bond donors (Lipinski definition) is 1. The zero-order chi connectivity index (χ0) is 14.5. The van der Waals surface area contributed by atoms with E-state index in [-0.39, 0.29) is 5.82 Å². The van der Waals surface area contributed by atoms with E-state index in [4.69, 9.17) is 4.74 Å². The average molecular weight is 302 g/mol. The van der Waals surface area contributed by atoms with Gasteiger partial charge in [-0.3, -0.25) is 0 Å². The molecule has 0 atom stereocenters. The molecule has 0 aliphatic heterocycles. The third-order valence-electron chi connectivity index (χ3n) is 2.96. The number of anilines is 1. The molecule has 0 bridgehead atoms. The molecular weight excluding hydrogens is 287 g/mol. The van der Waals surface area contributed by atoms with Crippen molar-refractivity contribution in [2.45, 2.75) is 6.42 Å². The highest BCUT2D eigenvalue weighted by molar-refractivity contribution is 7.22. The van der Waals surface area contributed by atoms with Crippen LogP contribution in [0.2, 0.25) is 0 Å². The van der Waals surface area contributed by atoms with Gasteiger partial charge < -0.3 is 10.1 Å². The van der Waals surface area contributed by atoms with Crippen LogP contribution in [-0.2, 0) is 0 Å². The monoisotopic (exact) mass is 302 g/mol. The van der Waals surface area contributed by atoms with E-state index in [9.17, 15) is 4.39 Å². The van der Waals surface area contributed by atoms with Gasteiger partial charge in [-0.2, -0.15) is 0 Å². The maximum Gasteiger partial charge on any atom is 0.183 e. The highest BCUT2D eigenvalue weighted by atomic mass is 32.1. The lowest BCUT2D eigenvalue weighted by atomic mass is 10.3. The fourth-order valence-corrected chi connectivity index (χ4v) is 2.82. The summed E-state index contributed by atoms with van der Waals surface area (Å²) in [5.41, 5.74) is 0.697. The number of halogens is 1. The standard InChI is InChI=1S/C16H15FN2OS/c17-12-7-8-15-14(11-12)19-16(21-15)18-9-4-10-20-13-5-2-1-3-6-13/h1-3,5-8,11H,4,9-10H2,(H,18,19). The van der Waals surface area contributed by atoms with Gasteiger partial charge in [0, 0.05) is 12.6 Å². The van der Waals surface area contributed by atoms with Crippen LogP contribution in [0.3, 0.4) is 0 Å². The lowest BCUT2D eigenvalue weighted by Gasteiger charge is -2.06. The third-order valence-corrected chi connectivity index (χ3v) is 3.95. The Morgan fingerprint density at radius 3 is 2.86 bits per heavy atom. The number of aromatic nitrogens is 1. The van der Waals surface area contributed by atoms with E-state index in [1.165, 1.54) is 23.5 Å². The maximum atomic E-state index is 13.1. The summed E-state index contributed by atoms with van der Waals surface area (Å²) in [6.45, 7) is 1.42. The second-order valence-electron chi connectivity index (χ2n) is 4.57. The molecule has 0 aliphatic rings. The number of thiazole rings is 1. The average Bonchev–Trinajstić information content (AvgIpc) is 2.90. The van der Waals surface area contributed by atoms with Crippen molar-refractivity contribution < 1.29 is 9.13 Å². The number of rotatable bonds is 6. The fraction of sp³-hybridized carbons (Fsp3) is 0.188. The van der Waals surface area contributed by atoms with Gasteiger partial charge in [-0.05, 0) is 30.7 Å². The molecule has 1 N–H and O–H groups in total. The van der Waals surface area contributed by atoms with Gasteiger partial charge in [-0.15, -0.1) is 0 Å². The molecule has 0 saturated carbocycles. The van der Waals surface area contributed by atoms with E-state index < -0.39 is 0 Å². The first-order chi connectivity index (χ1) is 10.3. The Morgan fingerprint density at radius 1 is 1.14 bits per heavy atom. The molecule has 0 amide bonds. The van der Waals surface area contributed by atoms with E-state index >= 15 is 0 Å². The van der Waals surface area contributed by atoms with E-state index in [1.807, 2.05) is 30.3 Å². The normalized spacial score (nSPS) is 10.7. The minimum absolute atomic E-state index is 0.254. The van der Waals surface area contributed by atoms with Crippen LogP contribution < -0.4 is 10.1 Å². The Bertz CT molecular complexity index is 715. The number of nitrogens with zero attached hydrogens (tertiary/aromatic N) is 1. The molecule has 0 unspecified atom stereocenters. The molecule has 108 valence electrons. The predicted molar refractivity (Wildman–Crippen MR) is 84.6 cm³/mol. The van der Waals surface area contributed by atoms with Crippen LogP contribution in [0.15, 0.2) is 48.5 Å². The molecule has 0 aliphatic carbocycles. The summed E-state index contributed by atoms with van der Waals surface area (Å²) in [6.07, 6.45) is 0.874. The minimum atomic E-state index is -0.254. The molecule has 0 radical (unpaired) electrons. The Hall–Kier alpha value is -2.14. The molecule has 2 aromatic carbocycles. The molecule has 0 fully saturated rings. The molecule has 1 heterocycles. The van der Waals surface area contributed by atoms with E-state index in [0.29, 0.717) is 12.1 Å². The zero-order valence-corrected chi connectivity index (χ0v) is 12.2. The molecule has 3 aromatic rings. The van der Waals surface area contributed by atoms with Gasteiger partial charge in [0.2, 0.25) is 0 Å². The summed E-state index contributed by atoms with van der Waals surface area (Å²) >= 11 is 1.53. The van der Waals surface area contributed by atoms with Crippen LogP contribution in [0.4, 0.5) is 9.52 Å². The zero-order valence-electron chi connectivity index (χ0n) is 11.4. The number of para-hydroxylation sites is 1. The van der Waals surface area contributed by atoms with Crippen molar-refractivity contribution in [2.75, 3.05) is 18.5 Å². The van der Waals surface area contributed by atoms with Gasteiger partial charge in [0.1, 0.15) is 11.6 Å². The molecule has 1 aromatic heterocycles. The minimum Gasteiger partial charge on any atom is -0.494 e. The lowest BCUT2D eigenvalue weighted by Crippen LogP contribution is -2.06. The fourth-order valence-electron chi connectivity index (χ4n) is 1.95. The van der Waals surface area contributed by atoms with Crippen molar-refractivity contribution in [3.63, 3.8) is 0 Å². The first-order valence-corrected chi connectivity index (χ1v) is 7.61. The Morgan fingerprint density at radius 2 is 2.00 bits per heavy atom. The summed E-state index contributed by atoms with van der Waals surface area (Å²) in [7, 11) is 0. The van der Waals surface area contributed by atoms with Crippen LogP contribution in [0.1, 0.15) is 6.42 Å². The molecule has 21 heavy (non-hydrogen) atoms.